The Kier molecular flexibility index (Phi) is 5.77. The lowest BCUT2D eigenvalue weighted by Crippen LogP contribution is -2.06. The van der Waals surface area contributed by atoms with Crippen molar-refractivity contribution in [2.24, 2.45) is 0 Å². The van der Waals surface area contributed by atoms with Gasteiger partial charge < -0.3 is 15.2 Å². The van der Waals surface area contributed by atoms with Crippen LogP contribution in [0.4, 0.5) is 5.69 Å². The van der Waals surface area contributed by atoms with Crippen molar-refractivity contribution in [3.63, 3.8) is 0 Å². The second kappa shape index (κ2) is 8.41. The number of aromatic carboxylic acids is 1. The molecule has 2 N–H and O–H groups in total. The van der Waals surface area contributed by atoms with Crippen molar-refractivity contribution in [2.75, 3.05) is 5.32 Å². The molecule has 138 valence electrons. The summed E-state index contributed by atoms with van der Waals surface area (Å²) in [6, 6.07) is 21.2. The van der Waals surface area contributed by atoms with Gasteiger partial charge in [-0.2, -0.15) is 0 Å². The van der Waals surface area contributed by atoms with E-state index in [1.807, 2.05) is 43.3 Å². The average Bonchev–Trinajstić information content (AvgIpc) is 2.66. The predicted octanol–water partition coefficient (Wildman–Crippen LogP) is 5.19. The van der Waals surface area contributed by atoms with Crippen LogP contribution in [0.3, 0.4) is 0 Å². The largest absolute Gasteiger partial charge is 0.489 e. The Bertz CT molecular complexity index is 950. The highest BCUT2D eigenvalue weighted by atomic mass is 16.5. The van der Waals surface area contributed by atoms with E-state index in [2.05, 4.69) is 30.4 Å². The molecule has 0 unspecified atom stereocenters. The van der Waals surface area contributed by atoms with Crippen molar-refractivity contribution >= 4 is 11.7 Å². The third-order valence-electron chi connectivity index (χ3n) is 4.40. The SMILES string of the molecule is Cc1cccc(COc2ccccc2CNc2cc(C(=O)O)ccc2C)c1. The van der Waals surface area contributed by atoms with Gasteiger partial charge in [0, 0.05) is 17.8 Å². The Morgan fingerprint density at radius 3 is 2.59 bits per heavy atom. The molecule has 0 aromatic heterocycles. The van der Waals surface area contributed by atoms with Crippen LogP contribution in [0.15, 0.2) is 66.7 Å². The average molecular weight is 361 g/mol. The normalized spacial score (nSPS) is 10.4. The number of para-hydroxylation sites is 1. The third-order valence-corrected chi connectivity index (χ3v) is 4.40. The first kappa shape index (κ1) is 18.5. The van der Waals surface area contributed by atoms with Crippen molar-refractivity contribution in [3.8, 4) is 5.75 Å². The molecular formula is C23H23NO3. The third kappa shape index (κ3) is 4.88. The van der Waals surface area contributed by atoms with Crippen LogP contribution in [0, 0.1) is 13.8 Å². The number of benzene rings is 3. The van der Waals surface area contributed by atoms with Crippen LogP contribution in [0.25, 0.3) is 0 Å². The molecule has 3 aromatic rings. The molecule has 0 bridgehead atoms. The van der Waals surface area contributed by atoms with E-state index in [1.165, 1.54) is 5.56 Å². The summed E-state index contributed by atoms with van der Waals surface area (Å²) < 4.78 is 6.02. The fraction of sp³-hybridized carbons (Fsp3) is 0.174. The number of anilines is 1. The summed E-state index contributed by atoms with van der Waals surface area (Å²) in [6.45, 7) is 5.07. The van der Waals surface area contributed by atoms with Gasteiger partial charge in [0.25, 0.3) is 0 Å². The molecule has 0 saturated carbocycles. The summed E-state index contributed by atoms with van der Waals surface area (Å²) in [5, 5.41) is 12.5. The Morgan fingerprint density at radius 2 is 1.81 bits per heavy atom. The van der Waals surface area contributed by atoms with Crippen LogP contribution >= 0.6 is 0 Å². The standard InChI is InChI=1S/C23H23NO3/c1-16-6-5-7-18(12-16)15-27-22-9-4-3-8-20(22)14-24-21-13-19(23(25)26)11-10-17(21)2/h3-13,24H,14-15H2,1-2H3,(H,25,26). The van der Waals surface area contributed by atoms with E-state index in [4.69, 9.17) is 4.74 Å². The number of carboxylic acid groups (broad SMARTS) is 1. The Balaban J connectivity index is 1.71. The van der Waals surface area contributed by atoms with E-state index in [1.54, 1.807) is 12.1 Å². The lowest BCUT2D eigenvalue weighted by atomic mass is 10.1. The molecule has 0 fully saturated rings. The summed E-state index contributed by atoms with van der Waals surface area (Å²) >= 11 is 0. The molecule has 4 heteroatoms. The van der Waals surface area contributed by atoms with Gasteiger partial charge >= 0.3 is 5.97 Å². The molecular weight excluding hydrogens is 338 g/mol. The zero-order chi connectivity index (χ0) is 19.2. The van der Waals surface area contributed by atoms with E-state index in [0.29, 0.717) is 13.2 Å². The lowest BCUT2D eigenvalue weighted by Gasteiger charge is -2.14. The second-order valence-corrected chi connectivity index (χ2v) is 6.57. The number of aryl methyl sites for hydroxylation is 2. The first-order valence-electron chi connectivity index (χ1n) is 8.87. The Labute approximate surface area is 159 Å². The molecule has 27 heavy (non-hydrogen) atoms. The number of hydrogen-bond donors (Lipinski definition) is 2. The lowest BCUT2D eigenvalue weighted by molar-refractivity contribution is 0.0697. The van der Waals surface area contributed by atoms with Gasteiger partial charge in [0.1, 0.15) is 12.4 Å². The van der Waals surface area contributed by atoms with Crippen LogP contribution in [-0.2, 0) is 13.2 Å². The van der Waals surface area contributed by atoms with E-state index < -0.39 is 5.97 Å². The molecule has 3 rings (SSSR count). The molecule has 4 nitrogen and oxygen atoms in total. The summed E-state index contributed by atoms with van der Waals surface area (Å²) in [5.74, 6) is -0.113. The van der Waals surface area contributed by atoms with Crippen molar-refractivity contribution < 1.29 is 14.6 Å². The maximum absolute atomic E-state index is 11.2. The molecule has 0 spiro atoms. The maximum Gasteiger partial charge on any atom is 0.335 e. The minimum atomic E-state index is -0.931. The zero-order valence-electron chi connectivity index (χ0n) is 15.5. The minimum absolute atomic E-state index is 0.270. The molecule has 0 aliphatic rings. The highest BCUT2D eigenvalue weighted by Crippen LogP contribution is 2.23. The van der Waals surface area contributed by atoms with Gasteiger partial charge in [-0.25, -0.2) is 4.79 Å². The van der Waals surface area contributed by atoms with E-state index >= 15 is 0 Å². The highest BCUT2D eigenvalue weighted by molar-refractivity contribution is 5.89. The highest BCUT2D eigenvalue weighted by Gasteiger charge is 2.08. The van der Waals surface area contributed by atoms with Crippen molar-refractivity contribution in [2.45, 2.75) is 27.0 Å². The van der Waals surface area contributed by atoms with Gasteiger partial charge in [-0.3, -0.25) is 0 Å². The first-order chi connectivity index (χ1) is 13.0. The molecule has 0 aliphatic heterocycles. The minimum Gasteiger partial charge on any atom is -0.489 e. The van der Waals surface area contributed by atoms with Crippen LogP contribution in [-0.4, -0.2) is 11.1 Å². The molecule has 0 radical (unpaired) electrons. The van der Waals surface area contributed by atoms with Gasteiger partial charge in [-0.1, -0.05) is 54.1 Å². The number of carbonyl (C=O) groups is 1. The predicted molar refractivity (Wildman–Crippen MR) is 107 cm³/mol. The van der Waals surface area contributed by atoms with Crippen LogP contribution in [0.1, 0.15) is 32.6 Å². The quantitative estimate of drug-likeness (QED) is 0.608. The first-order valence-corrected chi connectivity index (χ1v) is 8.87. The summed E-state index contributed by atoms with van der Waals surface area (Å²) in [7, 11) is 0. The monoisotopic (exact) mass is 361 g/mol. The maximum atomic E-state index is 11.2. The van der Waals surface area contributed by atoms with Gasteiger partial charge in [-0.05, 0) is 43.2 Å². The fourth-order valence-electron chi connectivity index (χ4n) is 2.89. The zero-order valence-corrected chi connectivity index (χ0v) is 15.5. The molecule has 0 saturated heterocycles. The van der Waals surface area contributed by atoms with Gasteiger partial charge in [0.15, 0.2) is 0 Å². The van der Waals surface area contributed by atoms with Crippen LogP contribution in [0.5, 0.6) is 5.75 Å². The van der Waals surface area contributed by atoms with Crippen molar-refractivity contribution in [3.05, 3.63) is 94.5 Å². The smallest absolute Gasteiger partial charge is 0.335 e. The number of nitrogens with one attached hydrogen (secondary N) is 1. The van der Waals surface area contributed by atoms with Crippen molar-refractivity contribution in [1.82, 2.24) is 0 Å². The number of hydrogen-bond acceptors (Lipinski definition) is 3. The number of rotatable bonds is 7. The summed E-state index contributed by atoms with van der Waals surface area (Å²) in [6.07, 6.45) is 0. The van der Waals surface area contributed by atoms with Gasteiger partial charge in [0.05, 0.1) is 5.56 Å². The fourth-order valence-corrected chi connectivity index (χ4v) is 2.89. The molecule has 3 aromatic carbocycles. The molecule has 0 amide bonds. The Hall–Kier alpha value is -3.27. The number of ether oxygens (including phenoxy) is 1. The van der Waals surface area contributed by atoms with E-state index in [9.17, 15) is 9.90 Å². The Morgan fingerprint density at radius 1 is 1.00 bits per heavy atom. The van der Waals surface area contributed by atoms with E-state index in [0.717, 1.165) is 28.1 Å². The van der Waals surface area contributed by atoms with Crippen molar-refractivity contribution in [1.29, 1.82) is 0 Å². The van der Waals surface area contributed by atoms with Gasteiger partial charge in [0.2, 0.25) is 0 Å². The second-order valence-electron chi connectivity index (χ2n) is 6.57. The summed E-state index contributed by atoms with van der Waals surface area (Å²) in [4.78, 5) is 11.2. The van der Waals surface area contributed by atoms with Crippen LogP contribution < -0.4 is 10.1 Å². The molecule has 0 heterocycles. The topological polar surface area (TPSA) is 58.6 Å². The van der Waals surface area contributed by atoms with Gasteiger partial charge in [-0.15, -0.1) is 0 Å². The number of carboxylic acids is 1. The van der Waals surface area contributed by atoms with Crippen LogP contribution in [0.2, 0.25) is 0 Å². The summed E-state index contributed by atoms with van der Waals surface area (Å²) in [5.41, 5.74) is 5.43. The van der Waals surface area contributed by atoms with E-state index in [-0.39, 0.29) is 5.56 Å². The molecule has 0 aliphatic carbocycles. The molecule has 0 atom stereocenters.